The van der Waals surface area contributed by atoms with Crippen LogP contribution in [0, 0.1) is 6.92 Å². The van der Waals surface area contributed by atoms with Gasteiger partial charge >= 0.3 is 0 Å². The van der Waals surface area contributed by atoms with Crippen LogP contribution in [-0.4, -0.2) is 5.91 Å². The van der Waals surface area contributed by atoms with E-state index in [1.807, 2.05) is 31.2 Å². The fourth-order valence-corrected chi connectivity index (χ4v) is 2.32. The highest BCUT2D eigenvalue weighted by atomic mass is 35.5. The van der Waals surface area contributed by atoms with Crippen LogP contribution >= 0.6 is 22.9 Å². The summed E-state index contributed by atoms with van der Waals surface area (Å²) in [5, 5.41) is 5.09. The van der Waals surface area contributed by atoms with Gasteiger partial charge in [-0.25, -0.2) is 0 Å². The fourth-order valence-electron chi connectivity index (χ4n) is 1.28. The largest absolute Gasteiger partial charge is 0.321 e. The molecule has 0 radical (unpaired) electrons. The Balaban J connectivity index is 2.14. The van der Waals surface area contributed by atoms with Gasteiger partial charge in [0.2, 0.25) is 0 Å². The highest BCUT2D eigenvalue weighted by Crippen LogP contribution is 2.23. The van der Waals surface area contributed by atoms with Gasteiger partial charge in [-0.1, -0.05) is 29.3 Å². The fraction of sp³-hybridized carbons (Fsp3) is 0.0833. The van der Waals surface area contributed by atoms with Gasteiger partial charge < -0.3 is 5.32 Å². The second kappa shape index (κ2) is 4.68. The first-order valence-corrected chi connectivity index (χ1v) is 6.03. The maximum Gasteiger partial charge on any atom is 0.267 e. The molecule has 1 aromatic heterocycles. The summed E-state index contributed by atoms with van der Waals surface area (Å²) in [5.74, 6) is -0.163. The molecule has 2 rings (SSSR count). The monoisotopic (exact) mass is 251 g/mol. The van der Waals surface area contributed by atoms with Crippen molar-refractivity contribution < 1.29 is 4.79 Å². The summed E-state index contributed by atoms with van der Waals surface area (Å²) in [4.78, 5) is 12.3. The molecule has 0 aliphatic carbocycles. The summed E-state index contributed by atoms with van der Waals surface area (Å²) < 4.78 is 0. The number of benzene rings is 1. The van der Waals surface area contributed by atoms with Crippen molar-refractivity contribution in [1.29, 1.82) is 0 Å². The zero-order valence-electron chi connectivity index (χ0n) is 8.66. The zero-order chi connectivity index (χ0) is 11.5. The van der Waals surface area contributed by atoms with E-state index in [1.54, 1.807) is 11.4 Å². The molecular weight excluding hydrogens is 242 g/mol. The van der Waals surface area contributed by atoms with Crippen LogP contribution in [0.5, 0.6) is 0 Å². The van der Waals surface area contributed by atoms with E-state index in [0.29, 0.717) is 9.90 Å². The van der Waals surface area contributed by atoms with E-state index in [2.05, 4.69) is 5.32 Å². The lowest BCUT2D eigenvalue weighted by molar-refractivity contribution is 0.103. The van der Waals surface area contributed by atoms with Crippen LogP contribution < -0.4 is 5.32 Å². The minimum absolute atomic E-state index is 0.163. The van der Waals surface area contributed by atoms with Crippen LogP contribution in [0.15, 0.2) is 35.7 Å². The molecule has 1 heterocycles. The lowest BCUT2D eigenvalue weighted by Gasteiger charge is -2.04. The Morgan fingerprint density at radius 2 is 1.94 bits per heavy atom. The predicted molar refractivity (Wildman–Crippen MR) is 68.5 cm³/mol. The molecular formula is C12H10ClNOS. The third-order valence-corrected chi connectivity index (χ3v) is 3.47. The van der Waals surface area contributed by atoms with Crippen molar-refractivity contribution in [3.05, 3.63) is 51.2 Å². The Kier molecular flexibility index (Phi) is 3.27. The van der Waals surface area contributed by atoms with Crippen molar-refractivity contribution in [2.24, 2.45) is 0 Å². The number of amides is 1. The molecule has 2 nitrogen and oxygen atoms in total. The SMILES string of the molecule is Cc1ccc(NC(=O)c2sccc2Cl)cc1. The summed E-state index contributed by atoms with van der Waals surface area (Å²) >= 11 is 7.21. The number of anilines is 1. The van der Waals surface area contributed by atoms with E-state index in [4.69, 9.17) is 11.6 Å². The minimum Gasteiger partial charge on any atom is -0.321 e. The number of nitrogens with one attached hydrogen (secondary N) is 1. The lowest BCUT2D eigenvalue weighted by Crippen LogP contribution is -2.10. The van der Waals surface area contributed by atoms with Gasteiger partial charge in [-0.2, -0.15) is 0 Å². The Bertz CT molecular complexity index is 504. The summed E-state index contributed by atoms with van der Waals surface area (Å²) in [7, 11) is 0. The van der Waals surface area contributed by atoms with Crippen molar-refractivity contribution in [1.82, 2.24) is 0 Å². The van der Waals surface area contributed by atoms with Crippen LogP contribution in [-0.2, 0) is 0 Å². The molecule has 16 heavy (non-hydrogen) atoms. The van der Waals surface area contributed by atoms with Gasteiger partial charge in [0, 0.05) is 5.69 Å². The van der Waals surface area contributed by atoms with Gasteiger partial charge in [0.15, 0.2) is 0 Å². The second-order valence-corrected chi connectivity index (χ2v) is 4.74. The van der Waals surface area contributed by atoms with Crippen LogP contribution in [0.4, 0.5) is 5.69 Å². The second-order valence-electron chi connectivity index (χ2n) is 3.42. The Hall–Kier alpha value is -1.32. The minimum atomic E-state index is -0.163. The summed E-state index contributed by atoms with van der Waals surface area (Å²) in [6, 6.07) is 9.36. The zero-order valence-corrected chi connectivity index (χ0v) is 10.2. The van der Waals surface area contributed by atoms with Gasteiger partial charge in [0.05, 0.1) is 5.02 Å². The molecule has 1 amide bonds. The van der Waals surface area contributed by atoms with E-state index >= 15 is 0 Å². The smallest absolute Gasteiger partial charge is 0.267 e. The average Bonchev–Trinajstić information content (AvgIpc) is 2.68. The number of aryl methyl sites for hydroxylation is 1. The van der Waals surface area contributed by atoms with E-state index in [0.717, 1.165) is 11.3 Å². The van der Waals surface area contributed by atoms with Crippen LogP contribution in [0.3, 0.4) is 0 Å². The first-order valence-electron chi connectivity index (χ1n) is 4.78. The number of thiophene rings is 1. The van der Waals surface area contributed by atoms with Crippen LogP contribution in [0.25, 0.3) is 0 Å². The number of hydrogen-bond acceptors (Lipinski definition) is 2. The van der Waals surface area contributed by atoms with Crippen molar-refractivity contribution in [3.8, 4) is 0 Å². The quantitative estimate of drug-likeness (QED) is 0.860. The van der Waals surface area contributed by atoms with E-state index in [-0.39, 0.29) is 5.91 Å². The standard InChI is InChI=1S/C12H10ClNOS/c1-8-2-4-9(5-3-8)14-12(15)11-10(13)6-7-16-11/h2-7H,1H3,(H,14,15). The lowest BCUT2D eigenvalue weighted by atomic mass is 10.2. The van der Waals surface area contributed by atoms with Gasteiger partial charge in [-0.15, -0.1) is 11.3 Å². The van der Waals surface area contributed by atoms with E-state index in [9.17, 15) is 4.79 Å². The number of rotatable bonds is 2. The molecule has 0 saturated carbocycles. The molecule has 0 aliphatic heterocycles. The third kappa shape index (κ3) is 2.43. The molecule has 0 spiro atoms. The van der Waals surface area contributed by atoms with Gasteiger partial charge in [0.1, 0.15) is 4.88 Å². The molecule has 82 valence electrons. The number of carbonyl (C=O) groups excluding carboxylic acids is 1. The molecule has 0 saturated heterocycles. The Morgan fingerprint density at radius 1 is 1.25 bits per heavy atom. The Labute approximate surface area is 103 Å². The van der Waals surface area contributed by atoms with Gasteiger partial charge in [-0.05, 0) is 30.5 Å². The normalized spacial score (nSPS) is 10.1. The average molecular weight is 252 g/mol. The number of hydrogen-bond donors (Lipinski definition) is 1. The van der Waals surface area contributed by atoms with Crippen LogP contribution in [0.1, 0.15) is 15.2 Å². The molecule has 1 aromatic carbocycles. The molecule has 0 fully saturated rings. The first kappa shape index (κ1) is 11.2. The topological polar surface area (TPSA) is 29.1 Å². The highest BCUT2D eigenvalue weighted by Gasteiger charge is 2.11. The molecule has 1 N–H and O–H groups in total. The third-order valence-electron chi connectivity index (χ3n) is 2.13. The maximum absolute atomic E-state index is 11.8. The van der Waals surface area contributed by atoms with E-state index < -0.39 is 0 Å². The van der Waals surface area contributed by atoms with Crippen LogP contribution in [0.2, 0.25) is 5.02 Å². The van der Waals surface area contributed by atoms with E-state index in [1.165, 1.54) is 11.3 Å². The van der Waals surface area contributed by atoms with Crippen molar-refractivity contribution in [2.45, 2.75) is 6.92 Å². The molecule has 0 aliphatic rings. The number of carbonyl (C=O) groups is 1. The molecule has 2 aromatic rings. The van der Waals surface area contributed by atoms with Gasteiger partial charge in [0.25, 0.3) is 5.91 Å². The Morgan fingerprint density at radius 3 is 2.50 bits per heavy atom. The molecule has 0 bridgehead atoms. The summed E-state index contributed by atoms with van der Waals surface area (Å²) in [6.45, 7) is 2.00. The highest BCUT2D eigenvalue weighted by molar-refractivity contribution is 7.12. The molecule has 4 heteroatoms. The summed E-state index contributed by atoms with van der Waals surface area (Å²) in [6.07, 6.45) is 0. The maximum atomic E-state index is 11.8. The van der Waals surface area contributed by atoms with Crippen molar-refractivity contribution >= 4 is 34.5 Å². The van der Waals surface area contributed by atoms with Crippen molar-refractivity contribution in [3.63, 3.8) is 0 Å². The first-order chi connectivity index (χ1) is 7.66. The molecule has 0 unspecified atom stereocenters. The van der Waals surface area contributed by atoms with Crippen molar-refractivity contribution in [2.75, 3.05) is 5.32 Å². The number of halogens is 1. The summed E-state index contributed by atoms with van der Waals surface area (Å²) in [5.41, 5.74) is 1.94. The van der Waals surface area contributed by atoms with Gasteiger partial charge in [-0.3, -0.25) is 4.79 Å². The molecule has 0 atom stereocenters. The predicted octanol–water partition coefficient (Wildman–Crippen LogP) is 3.96.